The maximum absolute atomic E-state index is 12.5. The number of nitrogens with zero attached hydrogens (tertiary/aromatic N) is 1. The molecule has 3 rings (SSSR count). The van der Waals surface area contributed by atoms with Crippen molar-refractivity contribution in [3.8, 4) is 11.5 Å². The van der Waals surface area contributed by atoms with Gasteiger partial charge in [0.1, 0.15) is 5.82 Å². The van der Waals surface area contributed by atoms with E-state index in [9.17, 15) is 18.0 Å². The number of anilines is 1. The first-order valence-electron chi connectivity index (χ1n) is 9.76. The number of rotatable bonds is 8. The molecule has 1 aliphatic heterocycles. The van der Waals surface area contributed by atoms with Gasteiger partial charge in [-0.05, 0) is 31.2 Å². The molecule has 2 heterocycles. The molecule has 1 amide bonds. The van der Waals surface area contributed by atoms with Crippen molar-refractivity contribution in [3.63, 3.8) is 0 Å². The average molecular weight is 484 g/mol. The standard InChI is InChI=1S/C20H22ClN3O7S/c1-13(20(26)24-18-6-3-14(21)12-22-18)31-19(25)7-8-23-32(27,28)15-4-5-16-17(11-15)30-10-2-9-29-16/h3-6,11-13,23H,2,7-10H2,1H3,(H,22,24,26)/t13-/m0/s1. The summed E-state index contributed by atoms with van der Waals surface area (Å²) in [7, 11) is -3.88. The lowest BCUT2D eigenvalue weighted by Crippen LogP contribution is -2.32. The van der Waals surface area contributed by atoms with Gasteiger partial charge in [-0.2, -0.15) is 0 Å². The van der Waals surface area contributed by atoms with Crippen LogP contribution in [0.25, 0.3) is 0 Å². The fraction of sp³-hybridized carbons (Fsp3) is 0.350. The summed E-state index contributed by atoms with van der Waals surface area (Å²) in [5.74, 6) is -0.241. The second-order valence-electron chi connectivity index (χ2n) is 6.79. The van der Waals surface area contributed by atoms with Crippen LogP contribution in [0.5, 0.6) is 11.5 Å². The molecular weight excluding hydrogens is 462 g/mol. The van der Waals surface area contributed by atoms with E-state index in [4.69, 9.17) is 25.8 Å². The third kappa shape index (κ3) is 6.55. The third-order valence-corrected chi connectivity index (χ3v) is 5.99. The Bertz CT molecular complexity index is 1080. The van der Waals surface area contributed by atoms with Gasteiger partial charge in [0.2, 0.25) is 10.0 Å². The predicted molar refractivity (Wildman–Crippen MR) is 115 cm³/mol. The van der Waals surface area contributed by atoms with Gasteiger partial charge in [0.25, 0.3) is 5.91 Å². The molecule has 1 aliphatic rings. The number of carbonyl (C=O) groups is 2. The third-order valence-electron chi connectivity index (χ3n) is 4.31. The summed E-state index contributed by atoms with van der Waals surface area (Å²) in [4.78, 5) is 28.0. The van der Waals surface area contributed by atoms with E-state index in [2.05, 4.69) is 15.0 Å². The Kier molecular flexibility index (Phi) is 7.89. The number of hydrogen-bond acceptors (Lipinski definition) is 8. The van der Waals surface area contributed by atoms with Crippen LogP contribution in [-0.2, 0) is 24.3 Å². The number of nitrogens with one attached hydrogen (secondary N) is 2. The molecule has 1 atom stereocenters. The molecule has 32 heavy (non-hydrogen) atoms. The van der Waals surface area contributed by atoms with Gasteiger partial charge in [0, 0.05) is 25.2 Å². The van der Waals surface area contributed by atoms with E-state index in [1.54, 1.807) is 6.07 Å². The lowest BCUT2D eigenvalue weighted by molar-refractivity contribution is -0.152. The number of carbonyl (C=O) groups excluding carboxylic acids is 2. The van der Waals surface area contributed by atoms with Crippen molar-refractivity contribution in [3.05, 3.63) is 41.6 Å². The molecule has 12 heteroatoms. The average Bonchev–Trinajstić information content (AvgIpc) is 3.00. The number of halogens is 1. The van der Waals surface area contributed by atoms with Crippen LogP contribution in [0, 0.1) is 0 Å². The number of sulfonamides is 1. The number of esters is 1. The molecule has 1 aromatic heterocycles. The van der Waals surface area contributed by atoms with E-state index in [0.29, 0.717) is 36.2 Å². The molecule has 0 bridgehead atoms. The molecule has 0 aliphatic carbocycles. The molecule has 2 aromatic rings. The highest BCUT2D eigenvalue weighted by molar-refractivity contribution is 7.89. The van der Waals surface area contributed by atoms with Crippen LogP contribution in [0.4, 0.5) is 5.82 Å². The molecule has 1 aromatic carbocycles. The maximum atomic E-state index is 12.5. The van der Waals surface area contributed by atoms with Gasteiger partial charge in [-0.25, -0.2) is 18.1 Å². The van der Waals surface area contributed by atoms with Gasteiger partial charge in [0.15, 0.2) is 17.6 Å². The van der Waals surface area contributed by atoms with Crippen LogP contribution in [0.15, 0.2) is 41.4 Å². The molecule has 0 spiro atoms. The quantitative estimate of drug-likeness (QED) is 0.545. The fourth-order valence-electron chi connectivity index (χ4n) is 2.67. The Morgan fingerprint density at radius 3 is 2.66 bits per heavy atom. The molecule has 172 valence electrons. The first-order chi connectivity index (χ1) is 15.2. The van der Waals surface area contributed by atoms with Gasteiger partial charge in [-0.3, -0.25) is 9.59 Å². The summed E-state index contributed by atoms with van der Waals surface area (Å²) < 4.78 is 43.4. The van der Waals surface area contributed by atoms with Gasteiger partial charge >= 0.3 is 5.97 Å². The normalized spacial score (nSPS) is 14.2. The summed E-state index contributed by atoms with van der Waals surface area (Å²) in [6.07, 6.45) is 0.700. The summed E-state index contributed by atoms with van der Waals surface area (Å²) in [5.41, 5.74) is 0. The van der Waals surface area contributed by atoms with Crippen LogP contribution in [0.3, 0.4) is 0 Å². The van der Waals surface area contributed by atoms with Crippen molar-refractivity contribution < 1.29 is 32.2 Å². The number of ether oxygens (including phenoxy) is 3. The number of benzene rings is 1. The van der Waals surface area contributed by atoms with Crippen LogP contribution in [0.1, 0.15) is 19.8 Å². The van der Waals surface area contributed by atoms with Gasteiger partial charge in [0.05, 0.1) is 29.6 Å². The predicted octanol–water partition coefficient (Wildman–Crippen LogP) is 2.14. The number of hydrogen-bond donors (Lipinski definition) is 2. The number of fused-ring (bicyclic) bond motifs is 1. The van der Waals surface area contributed by atoms with Crippen LogP contribution >= 0.6 is 11.6 Å². The Morgan fingerprint density at radius 2 is 1.94 bits per heavy atom. The van der Waals surface area contributed by atoms with E-state index < -0.39 is 28.0 Å². The molecule has 0 saturated carbocycles. The SMILES string of the molecule is C[C@H](OC(=O)CCNS(=O)(=O)c1ccc2c(c1)OCCCO2)C(=O)Nc1ccc(Cl)cn1. The number of amides is 1. The Labute approximate surface area is 190 Å². The first kappa shape index (κ1) is 23.8. The number of aromatic nitrogens is 1. The minimum Gasteiger partial charge on any atom is -0.490 e. The second kappa shape index (κ2) is 10.6. The lowest BCUT2D eigenvalue weighted by atomic mass is 10.3. The second-order valence-corrected chi connectivity index (χ2v) is 8.99. The molecule has 10 nitrogen and oxygen atoms in total. The number of pyridine rings is 1. The van der Waals surface area contributed by atoms with Crippen molar-refractivity contribution in [1.82, 2.24) is 9.71 Å². The topological polar surface area (TPSA) is 133 Å². The van der Waals surface area contributed by atoms with Gasteiger partial charge in [-0.1, -0.05) is 11.6 Å². The van der Waals surface area contributed by atoms with E-state index >= 15 is 0 Å². The molecule has 0 unspecified atom stereocenters. The van der Waals surface area contributed by atoms with Crippen molar-refractivity contribution in [2.75, 3.05) is 25.1 Å². The molecule has 0 saturated heterocycles. The zero-order valence-corrected chi connectivity index (χ0v) is 18.7. The minimum absolute atomic E-state index is 0.0154. The van der Waals surface area contributed by atoms with Crippen LogP contribution in [-0.4, -0.2) is 51.1 Å². The lowest BCUT2D eigenvalue weighted by Gasteiger charge is -2.14. The highest BCUT2D eigenvalue weighted by Crippen LogP contribution is 2.31. The minimum atomic E-state index is -3.88. The van der Waals surface area contributed by atoms with Crippen LogP contribution in [0.2, 0.25) is 5.02 Å². The zero-order valence-electron chi connectivity index (χ0n) is 17.2. The molecule has 2 N–H and O–H groups in total. The van der Waals surface area contributed by atoms with Gasteiger partial charge < -0.3 is 19.5 Å². The largest absolute Gasteiger partial charge is 0.490 e. The van der Waals surface area contributed by atoms with Crippen LogP contribution < -0.4 is 19.5 Å². The molecular formula is C20H22ClN3O7S. The molecule has 0 radical (unpaired) electrons. The summed E-state index contributed by atoms with van der Waals surface area (Å²) >= 11 is 5.73. The highest BCUT2D eigenvalue weighted by atomic mass is 35.5. The Balaban J connectivity index is 1.47. The Morgan fingerprint density at radius 1 is 1.19 bits per heavy atom. The van der Waals surface area contributed by atoms with Crippen molar-refractivity contribution in [2.45, 2.75) is 30.8 Å². The summed E-state index contributed by atoms with van der Waals surface area (Å²) in [5, 5.41) is 2.90. The van der Waals surface area contributed by atoms with Crippen molar-refractivity contribution in [2.24, 2.45) is 0 Å². The van der Waals surface area contributed by atoms with Crippen molar-refractivity contribution in [1.29, 1.82) is 0 Å². The van der Waals surface area contributed by atoms with E-state index in [1.807, 2.05) is 0 Å². The zero-order chi connectivity index (χ0) is 23.1. The van der Waals surface area contributed by atoms with Gasteiger partial charge in [-0.15, -0.1) is 0 Å². The summed E-state index contributed by atoms with van der Waals surface area (Å²) in [6, 6.07) is 7.35. The van der Waals surface area contributed by atoms with Crippen molar-refractivity contribution >= 4 is 39.3 Å². The highest BCUT2D eigenvalue weighted by Gasteiger charge is 2.21. The Hall–Kier alpha value is -2.89. The first-order valence-corrected chi connectivity index (χ1v) is 11.6. The fourth-order valence-corrected chi connectivity index (χ4v) is 3.83. The maximum Gasteiger partial charge on any atom is 0.307 e. The molecule has 0 fully saturated rings. The monoisotopic (exact) mass is 483 g/mol. The smallest absolute Gasteiger partial charge is 0.307 e. The van der Waals surface area contributed by atoms with E-state index in [-0.39, 0.29) is 23.7 Å². The van der Waals surface area contributed by atoms with E-state index in [0.717, 1.165) is 0 Å². The van der Waals surface area contributed by atoms with E-state index in [1.165, 1.54) is 37.4 Å². The summed E-state index contributed by atoms with van der Waals surface area (Å²) in [6.45, 7) is 2.11.